The number of carbonyl (C=O) groups is 1. The maximum absolute atomic E-state index is 11.8. The number of benzene rings is 1. The highest BCUT2D eigenvalue weighted by Gasteiger charge is 2.21. The Kier molecular flexibility index (Phi) is 4.82. The molecule has 94 valence electrons. The molecule has 4 heteroatoms. The van der Waals surface area contributed by atoms with Crippen LogP contribution in [0.1, 0.15) is 38.2 Å². The van der Waals surface area contributed by atoms with Crippen molar-refractivity contribution in [3.05, 3.63) is 23.8 Å². The van der Waals surface area contributed by atoms with Gasteiger partial charge in [-0.05, 0) is 30.5 Å². The summed E-state index contributed by atoms with van der Waals surface area (Å²) in [7, 11) is 0. The third-order valence-electron chi connectivity index (χ3n) is 2.54. The maximum atomic E-state index is 11.8. The Morgan fingerprint density at radius 2 is 2.00 bits per heavy atom. The molecule has 0 radical (unpaired) electrons. The van der Waals surface area contributed by atoms with Gasteiger partial charge < -0.3 is 14.9 Å². The number of carbonyl (C=O) groups excluding carboxylic acids is 1. The number of hydrogen-bond acceptors (Lipinski definition) is 4. The van der Waals surface area contributed by atoms with Gasteiger partial charge in [0.2, 0.25) is 0 Å². The number of aromatic hydroxyl groups is 2. The molecule has 1 aromatic rings. The van der Waals surface area contributed by atoms with Crippen LogP contribution in [0.25, 0.3) is 0 Å². The van der Waals surface area contributed by atoms with Crippen LogP contribution in [-0.4, -0.2) is 22.8 Å². The molecule has 0 aliphatic carbocycles. The van der Waals surface area contributed by atoms with Gasteiger partial charge in [-0.25, -0.2) is 0 Å². The van der Waals surface area contributed by atoms with Gasteiger partial charge in [-0.3, -0.25) is 4.79 Å². The van der Waals surface area contributed by atoms with Gasteiger partial charge in [0, 0.05) is 0 Å². The molecule has 0 saturated heterocycles. The average molecular weight is 238 g/mol. The standard InChI is InChI=1S/C13H18O4/c1-3-7-17-13(16)10(4-2)9-5-6-11(14)12(15)8-9/h5-6,8,10,14-15H,3-4,7H2,1-2H3. The maximum Gasteiger partial charge on any atom is 0.313 e. The zero-order chi connectivity index (χ0) is 12.8. The van der Waals surface area contributed by atoms with Crippen LogP contribution in [0.15, 0.2) is 18.2 Å². The summed E-state index contributed by atoms with van der Waals surface area (Å²) in [5.41, 5.74) is 0.656. The second kappa shape index (κ2) is 6.13. The average Bonchev–Trinajstić information content (AvgIpc) is 2.32. The zero-order valence-electron chi connectivity index (χ0n) is 10.1. The third kappa shape index (κ3) is 3.37. The Labute approximate surface area is 101 Å². The van der Waals surface area contributed by atoms with Crippen molar-refractivity contribution >= 4 is 5.97 Å². The van der Waals surface area contributed by atoms with Crippen molar-refractivity contribution in [1.82, 2.24) is 0 Å². The summed E-state index contributed by atoms with van der Waals surface area (Å²) in [6.45, 7) is 4.21. The summed E-state index contributed by atoms with van der Waals surface area (Å²) < 4.78 is 5.09. The second-order valence-corrected chi connectivity index (χ2v) is 3.88. The van der Waals surface area contributed by atoms with Crippen molar-refractivity contribution in [1.29, 1.82) is 0 Å². The summed E-state index contributed by atoms with van der Waals surface area (Å²) >= 11 is 0. The lowest BCUT2D eigenvalue weighted by Gasteiger charge is -2.14. The number of hydrogen-bond donors (Lipinski definition) is 2. The number of rotatable bonds is 5. The normalized spacial score (nSPS) is 12.1. The molecule has 17 heavy (non-hydrogen) atoms. The first kappa shape index (κ1) is 13.4. The van der Waals surface area contributed by atoms with Crippen molar-refractivity contribution in [3.8, 4) is 11.5 Å². The molecule has 0 aliphatic rings. The SMILES string of the molecule is CCCOC(=O)C(CC)c1ccc(O)c(O)c1. The molecule has 1 rings (SSSR count). The number of ether oxygens (including phenoxy) is 1. The minimum atomic E-state index is -0.395. The second-order valence-electron chi connectivity index (χ2n) is 3.88. The Morgan fingerprint density at radius 3 is 2.53 bits per heavy atom. The van der Waals surface area contributed by atoms with Gasteiger partial charge in [-0.15, -0.1) is 0 Å². The van der Waals surface area contributed by atoms with Crippen LogP contribution in [0.4, 0.5) is 0 Å². The Hall–Kier alpha value is -1.71. The quantitative estimate of drug-likeness (QED) is 0.611. The smallest absolute Gasteiger partial charge is 0.313 e. The van der Waals surface area contributed by atoms with Crippen molar-refractivity contribution < 1.29 is 19.7 Å². The molecular weight excluding hydrogens is 220 g/mol. The molecule has 0 bridgehead atoms. The summed E-state index contributed by atoms with van der Waals surface area (Å²) in [5, 5.41) is 18.6. The van der Waals surface area contributed by atoms with E-state index in [1.807, 2.05) is 13.8 Å². The van der Waals surface area contributed by atoms with Gasteiger partial charge >= 0.3 is 5.97 Å². The molecular formula is C13H18O4. The van der Waals surface area contributed by atoms with Crippen LogP contribution in [-0.2, 0) is 9.53 Å². The Morgan fingerprint density at radius 1 is 1.29 bits per heavy atom. The van der Waals surface area contributed by atoms with Gasteiger partial charge in [0.05, 0.1) is 12.5 Å². The first-order valence-electron chi connectivity index (χ1n) is 5.78. The van der Waals surface area contributed by atoms with E-state index in [-0.39, 0.29) is 17.5 Å². The molecule has 1 unspecified atom stereocenters. The molecule has 0 spiro atoms. The number of phenols is 2. The first-order chi connectivity index (χ1) is 8.10. The molecule has 0 fully saturated rings. The lowest BCUT2D eigenvalue weighted by Crippen LogP contribution is -2.15. The molecule has 4 nitrogen and oxygen atoms in total. The number of phenolic OH excluding ortho intramolecular Hbond substituents is 2. The molecule has 0 saturated carbocycles. The van der Waals surface area contributed by atoms with Crippen LogP contribution in [0.2, 0.25) is 0 Å². The van der Waals surface area contributed by atoms with E-state index in [9.17, 15) is 15.0 Å². The first-order valence-corrected chi connectivity index (χ1v) is 5.78. The van der Waals surface area contributed by atoms with E-state index in [4.69, 9.17) is 4.74 Å². The van der Waals surface area contributed by atoms with Gasteiger partial charge in [0.1, 0.15) is 0 Å². The van der Waals surface area contributed by atoms with E-state index >= 15 is 0 Å². The van der Waals surface area contributed by atoms with E-state index < -0.39 is 5.92 Å². The van der Waals surface area contributed by atoms with Gasteiger partial charge in [0.15, 0.2) is 11.5 Å². The fourth-order valence-corrected chi connectivity index (χ4v) is 1.60. The highest BCUT2D eigenvalue weighted by atomic mass is 16.5. The molecule has 1 aromatic carbocycles. The predicted octanol–water partition coefficient (Wildman–Crippen LogP) is 2.54. The minimum absolute atomic E-state index is 0.189. The Balaban J connectivity index is 2.85. The third-order valence-corrected chi connectivity index (χ3v) is 2.54. The van der Waals surface area contributed by atoms with Gasteiger partial charge in [0.25, 0.3) is 0 Å². The fourth-order valence-electron chi connectivity index (χ4n) is 1.60. The molecule has 0 amide bonds. The Bertz CT molecular complexity index is 387. The fraction of sp³-hybridized carbons (Fsp3) is 0.462. The zero-order valence-corrected chi connectivity index (χ0v) is 10.1. The van der Waals surface area contributed by atoms with Crippen LogP contribution in [0.3, 0.4) is 0 Å². The van der Waals surface area contributed by atoms with Crippen LogP contribution in [0.5, 0.6) is 11.5 Å². The molecule has 0 heterocycles. The van der Waals surface area contributed by atoms with Crippen molar-refractivity contribution in [2.45, 2.75) is 32.6 Å². The van der Waals surface area contributed by atoms with E-state index in [1.54, 1.807) is 6.07 Å². The highest BCUT2D eigenvalue weighted by Crippen LogP contribution is 2.30. The summed E-state index contributed by atoms with van der Waals surface area (Å²) in [6.07, 6.45) is 1.37. The largest absolute Gasteiger partial charge is 0.504 e. The molecule has 1 atom stereocenters. The highest BCUT2D eigenvalue weighted by molar-refractivity contribution is 5.78. The van der Waals surface area contributed by atoms with E-state index in [0.717, 1.165) is 6.42 Å². The number of esters is 1. The van der Waals surface area contributed by atoms with Crippen LogP contribution in [0, 0.1) is 0 Å². The lowest BCUT2D eigenvalue weighted by atomic mass is 9.96. The monoisotopic (exact) mass is 238 g/mol. The molecule has 0 aromatic heterocycles. The topological polar surface area (TPSA) is 66.8 Å². The van der Waals surface area contributed by atoms with Crippen molar-refractivity contribution in [2.24, 2.45) is 0 Å². The van der Waals surface area contributed by atoms with Crippen molar-refractivity contribution in [3.63, 3.8) is 0 Å². The summed E-state index contributed by atoms with van der Waals surface area (Å²) in [4.78, 5) is 11.8. The summed E-state index contributed by atoms with van der Waals surface area (Å²) in [5.74, 6) is -1.10. The van der Waals surface area contributed by atoms with Gasteiger partial charge in [-0.2, -0.15) is 0 Å². The molecule has 2 N–H and O–H groups in total. The van der Waals surface area contributed by atoms with E-state index in [0.29, 0.717) is 18.6 Å². The lowest BCUT2D eigenvalue weighted by molar-refractivity contribution is -0.145. The predicted molar refractivity (Wildman–Crippen MR) is 64.1 cm³/mol. The molecule has 0 aliphatic heterocycles. The minimum Gasteiger partial charge on any atom is -0.504 e. The van der Waals surface area contributed by atoms with Crippen LogP contribution >= 0.6 is 0 Å². The van der Waals surface area contributed by atoms with Crippen LogP contribution < -0.4 is 0 Å². The van der Waals surface area contributed by atoms with E-state index in [2.05, 4.69) is 0 Å². The van der Waals surface area contributed by atoms with E-state index in [1.165, 1.54) is 12.1 Å². The van der Waals surface area contributed by atoms with Gasteiger partial charge in [-0.1, -0.05) is 19.9 Å². The van der Waals surface area contributed by atoms with Crippen molar-refractivity contribution in [2.75, 3.05) is 6.61 Å². The summed E-state index contributed by atoms with van der Waals surface area (Å²) in [6, 6.07) is 4.40.